The van der Waals surface area contributed by atoms with Crippen molar-refractivity contribution in [3.8, 4) is 5.75 Å². The van der Waals surface area contributed by atoms with Crippen molar-refractivity contribution in [2.24, 2.45) is 0 Å². The van der Waals surface area contributed by atoms with E-state index >= 15 is 0 Å². The van der Waals surface area contributed by atoms with Crippen molar-refractivity contribution in [3.63, 3.8) is 0 Å². The summed E-state index contributed by atoms with van der Waals surface area (Å²) in [5.41, 5.74) is 1.83. The number of thioether (sulfide) groups is 1. The predicted octanol–water partition coefficient (Wildman–Crippen LogP) is 3.37. The normalized spacial score (nSPS) is 13.9. The summed E-state index contributed by atoms with van der Waals surface area (Å²) in [5.74, 6) is 1.62. The van der Waals surface area contributed by atoms with Gasteiger partial charge < -0.3 is 9.64 Å². The molecule has 2 amide bonds. The fourth-order valence-corrected chi connectivity index (χ4v) is 4.87. The van der Waals surface area contributed by atoms with Gasteiger partial charge in [0.05, 0.1) is 35.5 Å². The van der Waals surface area contributed by atoms with Crippen molar-refractivity contribution in [2.75, 3.05) is 30.2 Å². The minimum Gasteiger partial charge on any atom is -0.497 e. The highest BCUT2D eigenvalue weighted by Crippen LogP contribution is 2.32. The maximum Gasteiger partial charge on any atom is 0.248 e. The average Bonchev–Trinajstić information content (AvgIpc) is 3.32. The molecule has 1 fully saturated rings. The molecule has 1 saturated heterocycles. The van der Waals surface area contributed by atoms with Crippen molar-refractivity contribution < 1.29 is 14.3 Å². The number of hydrogen-bond donors (Lipinski definition) is 0. The Morgan fingerprint density at radius 3 is 2.79 bits per heavy atom. The number of nitrogens with zero attached hydrogens (tertiary/aromatic N) is 3. The van der Waals surface area contributed by atoms with Crippen LogP contribution >= 0.6 is 23.1 Å². The van der Waals surface area contributed by atoms with E-state index in [2.05, 4.69) is 4.98 Å². The van der Waals surface area contributed by atoms with E-state index in [1.54, 1.807) is 16.9 Å². The predicted molar refractivity (Wildman–Crippen MR) is 113 cm³/mol. The number of carbonyl (C=O) groups excluding carboxylic acids is 2. The third kappa shape index (κ3) is 3.98. The first-order valence-corrected chi connectivity index (χ1v) is 10.8. The van der Waals surface area contributed by atoms with Crippen molar-refractivity contribution in [2.45, 2.75) is 6.54 Å². The minimum absolute atomic E-state index is 0.00653. The van der Waals surface area contributed by atoms with Crippen molar-refractivity contribution >= 4 is 50.3 Å². The third-order valence-electron chi connectivity index (χ3n) is 4.45. The van der Waals surface area contributed by atoms with Crippen LogP contribution in [0, 0.1) is 0 Å². The molecule has 2 aromatic carbocycles. The van der Waals surface area contributed by atoms with E-state index < -0.39 is 0 Å². The van der Waals surface area contributed by atoms with Gasteiger partial charge in [0.15, 0.2) is 5.13 Å². The van der Waals surface area contributed by atoms with Gasteiger partial charge in [-0.2, -0.15) is 0 Å². The number of thiazole rings is 1. The molecule has 0 saturated carbocycles. The van der Waals surface area contributed by atoms with Crippen LogP contribution in [0.15, 0.2) is 48.5 Å². The van der Waals surface area contributed by atoms with Crippen LogP contribution in [0.3, 0.4) is 0 Å². The number of rotatable bonds is 6. The quantitative estimate of drug-likeness (QED) is 0.620. The number of amides is 2. The highest BCUT2D eigenvalue weighted by atomic mass is 32.2. The zero-order valence-corrected chi connectivity index (χ0v) is 17.0. The van der Waals surface area contributed by atoms with Crippen LogP contribution in [-0.4, -0.2) is 47.0 Å². The number of ether oxygens (including phenoxy) is 1. The zero-order valence-electron chi connectivity index (χ0n) is 15.3. The molecule has 0 atom stereocenters. The van der Waals surface area contributed by atoms with E-state index in [4.69, 9.17) is 4.74 Å². The van der Waals surface area contributed by atoms with Crippen LogP contribution in [0.5, 0.6) is 5.75 Å². The maximum absolute atomic E-state index is 13.1. The molecular weight excluding hydrogens is 394 g/mol. The van der Waals surface area contributed by atoms with E-state index in [9.17, 15) is 9.59 Å². The van der Waals surface area contributed by atoms with E-state index in [1.807, 2.05) is 48.5 Å². The summed E-state index contributed by atoms with van der Waals surface area (Å²) in [6.07, 6.45) is 0. The maximum atomic E-state index is 13.1. The monoisotopic (exact) mass is 413 g/mol. The van der Waals surface area contributed by atoms with Gasteiger partial charge >= 0.3 is 0 Å². The van der Waals surface area contributed by atoms with Gasteiger partial charge in [-0.05, 0) is 23.8 Å². The van der Waals surface area contributed by atoms with Gasteiger partial charge in [-0.25, -0.2) is 4.98 Å². The van der Waals surface area contributed by atoms with Gasteiger partial charge in [-0.15, -0.1) is 11.8 Å². The van der Waals surface area contributed by atoms with Gasteiger partial charge in [-0.1, -0.05) is 41.7 Å². The van der Waals surface area contributed by atoms with Crippen LogP contribution < -0.4 is 9.64 Å². The molecule has 28 heavy (non-hydrogen) atoms. The molecule has 0 radical (unpaired) electrons. The number of methoxy groups -OCH3 is 1. The second kappa shape index (κ2) is 8.20. The molecule has 8 heteroatoms. The minimum atomic E-state index is -0.134. The summed E-state index contributed by atoms with van der Waals surface area (Å²) in [4.78, 5) is 33.0. The first kappa shape index (κ1) is 18.8. The first-order chi connectivity index (χ1) is 13.6. The van der Waals surface area contributed by atoms with Crippen molar-refractivity contribution in [1.82, 2.24) is 9.88 Å². The van der Waals surface area contributed by atoms with Gasteiger partial charge in [0.25, 0.3) is 0 Å². The molecular formula is C20H19N3O3S2. The lowest BCUT2D eigenvalue weighted by atomic mass is 10.2. The van der Waals surface area contributed by atoms with Gasteiger partial charge in [0, 0.05) is 0 Å². The first-order valence-electron chi connectivity index (χ1n) is 8.78. The standard InChI is InChI=1S/C20H19N3O3S2/c1-26-15-7-8-16-17(9-15)28-20(21-16)23(10-14-5-3-2-4-6-14)18(24)11-22-13-27-12-19(22)25/h2-9H,10-13H2,1H3. The Hall–Kier alpha value is -2.58. The Balaban J connectivity index is 1.65. The zero-order chi connectivity index (χ0) is 19.5. The largest absolute Gasteiger partial charge is 0.497 e. The molecule has 0 spiro atoms. The average molecular weight is 414 g/mol. The highest BCUT2D eigenvalue weighted by molar-refractivity contribution is 8.00. The van der Waals surface area contributed by atoms with Gasteiger partial charge in [0.1, 0.15) is 12.3 Å². The van der Waals surface area contributed by atoms with Crippen LogP contribution in [-0.2, 0) is 16.1 Å². The van der Waals surface area contributed by atoms with Crippen molar-refractivity contribution in [1.29, 1.82) is 0 Å². The van der Waals surface area contributed by atoms with Crippen LogP contribution in [0.4, 0.5) is 5.13 Å². The summed E-state index contributed by atoms with van der Waals surface area (Å²) in [7, 11) is 1.62. The lowest BCUT2D eigenvalue weighted by molar-refractivity contribution is -0.131. The summed E-state index contributed by atoms with van der Waals surface area (Å²) in [6.45, 7) is 0.476. The lowest BCUT2D eigenvalue weighted by Gasteiger charge is -2.23. The van der Waals surface area contributed by atoms with E-state index in [-0.39, 0.29) is 18.4 Å². The second-order valence-corrected chi connectivity index (χ2v) is 8.33. The SMILES string of the molecule is COc1ccc2nc(N(Cc3ccccc3)C(=O)CN3CSCC3=O)sc2c1. The fourth-order valence-electron chi connectivity index (χ4n) is 2.95. The Bertz CT molecular complexity index is 1010. The molecule has 4 rings (SSSR count). The molecule has 0 aliphatic carbocycles. The summed E-state index contributed by atoms with van der Waals surface area (Å²) in [5, 5.41) is 0.622. The molecule has 1 aliphatic heterocycles. The van der Waals surface area contributed by atoms with Crippen molar-refractivity contribution in [3.05, 3.63) is 54.1 Å². The van der Waals surface area contributed by atoms with Gasteiger partial charge in [0.2, 0.25) is 11.8 Å². The number of benzene rings is 2. The number of hydrogen-bond acceptors (Lipinski definition) is 6. The lowest BCUT2D eigenvalue weighted by Crippen LogP contribution is -2.40. The molecule has 144 valence electrons. The number of carbonyl (C=O) groups is 2. The third-order valence-corrected chi connectivity index (χ3v) is 6.44. The van der Waals surface area contributed by atoms with Gasteiger partial charge in [-0.3, -0.25) is 14.5 Å². The van der Waals surface area contributed by atoms with Crippen LogP contribution in [0.25, 0.3) is 10.2 Å². The number of fused-ring (bicyclic) bond motifs is 1. The summed E-state index contributed by atoms with van der Waals surface area (Å²) >= 11 is 2.98. The molecule has 0 unspecified atom stereocenters. The summed E-state index contributed by atoms with van der Waals surface area (Å²) < 4.78 is 6.24. The number of anilines is 1. The molecule has 1 aliphatic rings. The molecule has 3 aromatic rings. The smallest absolute Gasteiger partial charge is 0.248 e. The second-order valence-electron chi connectivity index (χ2n) is 6.36. The Morgan fingerprint density at radius 1 is 1.25 bits per heavy atom. The van der Waals surface area contributed by atoms with E-state index in [0.717, 1.165) is 21.5 Å². The molecule has 6 nitrogen and oxygen atoms in total. The number of aromatic nitrogens is 1. The van der Waals surface area contributed by atoms with E-state index in [1.165, 1.54) is 23.1 Å². The molecule has 1 aromatic heterocycles. The van der Waals surface area contributed by atoms with Crippen LogP contribution in [0.1, 0.15) is 5.56 Å². The Labute approximate surface area is 171 Å². The molecule has 2 heterocycles. The Kier molecular flexibility index (Phi) is 5.50. The molecule has 0 N–H and O–H groups in total. The van der Waals surface area contributed by atoms with E-state index in [0.29, 0.717) is 23.3 Å². The Morgan fingerprint density at radius 2 is 2.07 bits per heavy atom. The highest BCUT2D eigenvalue weighted by Gasteiger charge is 2.27. The summed E-state index contributed by atoms with van der Waals surface area (Å²) in [6, 6.07) is 15.5. The molecule has 0 bridgehead atoms. The van der Waals surface area contributed by atoms with Crippen LogP contribution in [0.2, 0.25) is 0 Å². The topological polar surface area (TPSA) is 62.7 Å². The fraction of sp³-hybridized carbons (Fsp3) is 0.250.